The minimum atomic E-state index is -0.302. The number of nitrogens with one attached hydrogen (secondary N) is 2. The summed E-state index contributed by atoms with van der Waals surface area (Å²) in [6.07, 6.45) is 9.64. The van der Waals surface area contributed by atoms with Crippen LogP contribution in [0.2, 0.25) is 0 Å². The molecule has 2 aromatic heterocycles. The van der Waals surface area contributed by atoms with Crippen molar-refractivity contribution < 1.29 is 14.3 Å². The van der Waals surface area contributed by atoms with Crippen molar-refractivity contribution in [2.24, 2.45) is 11.8 Å². The van der Waals surface area contributed by atoms with Gasteiger partial charge in [0.15, 0.2) is 0 Å². The van der Waals surface area contributed by atoms with Crippen molar-refractivity contribution in [3.8, 4) is 5.75 Å². The molecular weight excluding hydrogens is 442 g/mol. The summed E-state index contributed by atoms with van der Waals surface area (Å²) in [5.74, 6) is 1.80. The number of aromatic nitrogens is 3. The van der Waals surface area contributed by atoms with Crippen LogP contribution in [0.15, 0.2) is 42.7 Å². The van der Waals surface area contributed by atoms with Crippen LogP contribution in [0.4, 0.5) is 5.69 Å². The molecule has 8 nitrogen and oxygen atoms in total. The molecule has 2 amide bonds. The van der Waals surface area contributed by atoms with E-state index in [-0.39, 0.29) is 17.9 Å². The Morgan fingerprint density at radius 1 is 1.20 bits per heavy atom. The number of anilines is 1. The second-order valence-electron chi connectivity index (χ2n) is 10.1. The molecule has 3 aromatic rings. The van der Waals surface area contributed by atoms with Crippen molar-refractivity contribution in [1.82, 2.24) is 20.1 Å². The molecule has 3 heterocycles. The smallest absolute Gasteiger partial charge is 0.274 e. The van der Waals surface area contributed by atoms with Gasteiger partial charge in [0, 0.05) is 30.3 Å². The Balaban J connectivity index is 1.39. The molecule has 1 aromatic carbocycles. The third-order valence-electron chi connectivity index (χ3n) is 7.35. The molecule has 0 radical (unpaired) electrons. The number of benzene rings is 1. The highest BCUT2D eigenvalue weighted by atomic mass is 16.5. The maximum absolute atomic E-state index is 12.8. The highest BCUT2D eigenvalue weighted by Gasteiger charge is 2.26. The normalized spacial score (nSPS) is 22.4. The fourth-order valence-electron chi connectivity index (χ4n) is 5.18. The number of hydrogen-bond acceptors (Lipinski definition) is 5. The minimum absolute atomic E-state index is 0.0359. The highest BCUT2D eigenvalue weighted by Crippen LogP contribution is 2.37. The van der Waals surface area contributed by atoms with Gasteiger partial charge in [0.2, 0.25) is 5.91 Å². The van der Waals surface area contributed by atoms with Crippen LogP contribution in [0.25, 0.3) is 10.9 Å². The van der Waals surface area contributed by atoms with Gasteiger partial charge in [-0.2, -0.15) is 5.10 Å². The van der Waals surface area contributed by atoms with Gasteiger partial charge in [0.05, 0.1) is 23.3 Å². The number of nitrogens with zero attached hydrogens (tertiary/aromatic N) is 3. The third-order valence-corrected chi connectivity index (χ3v) is 7.35. The number of rotatable bonds is 7. The van der Waals surface area contributed by atoms with Crippen molar-refractivity contribution in [2.45, 2.75) is 64.5 Å². The summed E-state index contributed by atoms with van der Waals surface area (Å²) >= 11 is 0. The molecule has 8 heteroatoms. The standard InChI is InChI=1S/C27H33N5O3/c1-17(2)18-6-9-21(10-7-18)32-15-19-13-24(30-27(34)22-5-3-4-12-28-22)25(14-23(19)31-32)35-16-20-8-11-26(33)29-20/h3-5,12-15,17-18,20-21H,6-11,16H2,1-2H3,(H,29,33)(H,30,34)/t18?,20-,21?/m0/s1. The predicted octanol–water partition coefficient (Wildman–Crippen LogP) is 4.73. The van der Waals surface area contributed by atoms with Crippen molar-refractivity contribution in [3.05, 3.63) is 48.4 Å². The topological polar surface area (TPSA) is 98.1 Å². The molecule has 0 spiro atoms. The van der Waals surface area contributed by atoms with E-state index in [2.05, 4.69) is 40.3 Å². The van der Waals surface area contributed by atoms with Crippen LogP contribution in [0.5, 0.6) is 5.75 Å². The summed E-state index contributed by atoms with van der Waals surface area (Å²) in [6, 6.07) is 9.39. The Morgan fingerprint density at radius 2 is 2.03 bits per heavy atom. The van der Waals surface area contributed by atoms with Crippen molar-refractivity contribution in [2.75, 3.05) is 11.9 Å². The van der Waals surface area contributed by atoms with Gasteiger partial charge >= 0.3 is 0 Å². The lowest BCUT2D eigenvalue weighted by Gasteiger charge is -2.30. The molecule has 2 N–H and O–H groups in total. The highest BCUT2D eigenvalue weighted by molar-refractivity contribution is 6.05. The SMILES string of the molecule is CC(C)C1CCC(n2cc3cc(NC(=O)c4ccccn4)c(OC[C@@H]4CCC(=O)N4)cc3n2)CC1. The molecule has 2 fully saturated rings. The average molecular weight is 476 g/mol. The Labute approximate surface area is 205 Å². The van der Waals surface area contributed by atoms with E-state index in [9.17, 15) is 9.59 Å². The second kappa shape index (κ2) is 10.1. The molecule has 1 aliphatic heterocycles. The molecule has 35 heavy (non-hydrogen) atoms. The maximum atomic E-state index is 12.8. The Hall–Kier alpha value is -3.42. The molecule has 1 saturated heterocycles. The van der Waals surface area contributed by atoms with Crippen LogP contribution >= 0.6 is 0 Å². The van der Waals surface area contributed by atoms with E-state index in [0.29, 0.717) is 36.2 Å². The van der Waals surface area contributed by atoms with E-state index < -0.39 is 0 Å². The van der Waals surface area contributed by atoms with Crippen molar-refractivity contribution >= 4 is 28.4 Å². The lowest BCUT2D eigenvalue weighted by molar-refractivity contribution is -0.119. The third kappa shape index (κ3) is 5.31. The number of carbonyl (C=O) groups is 2. The number of carbonyl (C=O) groups excluding carboxylic acids is 2. The number of amides is 2. The summed E-state index contributed by atoms with van der Waals surface area (Å²) in [7, 11) is 0. The van der Waals surface area contributed by atoms with Gasteiger partial charge in [-0.05, 0) is 62.1 Å². The lowest BCUT2D eigenvalue weighted by atomic mass is 9.80. The largest absolute Gasteiger partial charge is 0.489 e. The Bertz CT molecular complexity index is 1200. The van der Waals surface area contributed by atoms with Gasteiger partial charge in [-0.25, -0.2) is 0 Å². The first-order chi connectivity index (χ1) is 17.0. The van der Waals surface area contributed by atoms with Crippen LogP contribution < -0.4 is 15.4 Å². The monoisotopic (exact) mass is 475 g/mol. The Morgan fingerprint density at radius 3 is 2.71 bits per heavy atom. The van der Waals surface area contributed by atoms with E-state index in [1.54, 1.807) is 24.4 Å². The van der Waals surface area contributed by atoms with Crippen LogP contribution in [-0.4, -0.2) is 39.2 Å². The van der Waals surface area contributed by atoms with E-state index in [1.807, 2.05) is 12.1 Å². The zero-order chi connectivity index (χ0) is 24.4. The molecule has 2 aliphatic rings. The summed E-state index contributed by atoms with van der Waals surface area (Å²) < 4.78 is 8.20. The van der Waals surface area contributed by atoms with Crippen molar-refractivity contribution in [3.63, 3.8) is 0 Å². The molecule has 0 bridgehead atoms. The van der Waals surface area contributed by atoms with Crippen LogP contribution in [0, 0.1) is 11.8 Å². The predicted molar refractivity (Wildman–Crippen MR) is 134 cm³/mol. The zero-order valence-corrected chi connectivity index (χ0v) is 20.4. The molecule has 184 valence electrons. The van der Waals surface area contributed by atoms with Crippen molar-refractivity contribution in [1.29, 1.82) is 0 Å². The first-order valence-corrected chi connectivity index (χ1v) is 12.6. The fraction of sp³-hybridized carbons (Fsp3) is 0.481. The van der Waals surface area contributed by atoms with Gasteiger partial charge in [0.25, 0.3) is 5.91 Å². The van der Waals surface area contributed by atoms with E-state index in [0.717, 1.165) is 42.0 Å². The quantitative estimate of drug-likeness (QED) is 0.515. The molecule has 1 saturated carbocycles. The summed E-state index contributed by atoms with van der Waals surface area (Å²) in [6.45, 7) is 4.96. The van der Waals surface area contributed by atoms with Gasteiger partial charge in [-0.3, -0.25) is 19.3 Å². The van der Waals surface area contributed by atoms with Gasteiger partial charge in [0.1, 0.15) is 18.1 Å². The summed E-state index contributed by atoms with van der Waals surface area (Å²) in [5, 5.41) is 11.7. The van der Waals surface area contributed by atoms with E-state index >= 15 is 0 Å². The van der Waals surface area contributed by atoms with Gasteiger partial charge < -0.3 is 15.4 Å². The van der Waals surface area contributed by atoms with Crippen LogP contribution in [0.1, 0.15) is 68.9 Å². The molecule has 5 rings (SSSR count). The minimum Gasteiger partial charge on any atom is -0.489 e. The van der Waals surface area contributed by atoms with Crippen LogP contribution in [-0.2, 0) is 4.79 Å². The number of ether oxygens (including phenoxy) is 1. The van der Waals surface area contributed by atoms with Gasteiger partial charge in [-0.15, -0.1) is 0 Å². The maximum Gasteiger partial charge on any atom is 0.274 e. The van der Waals surface area contributed by atoms with E-state index in [4.69, 9.17) is 9.84 Å². The first-order valence-electron chi connectivity index (χ1n) is 12.6. The fourth-order valence-corrected chi connectivity index (χ4v) is 5.18. The van der Waals surface area contributed by atoms with Crippen LogP contribution in [0.3, 0.4) is 0 Å². The second-order valence-corrected chi connectivity index (χ2v) is 10.1. The Kier molecular flexibility index (Phi) is 6.70. The molecule has 0 unspecified atom stereocenters. The molecule has 1 aliphatic carbocycles. The average Bonchev–Trinajstić information content (AvgIpc) is 3.48. The lowest BCUT2D eigenvalue weighted by Crippen LogP contribution is -2.31. The van der Waals surface area contributed by atoms with E-state index in [1.165, 1.54) is 12.8 Å². The number of hydrogen-bond donors (Lipinski definition) is 2. The first kappa shape index (κ1) is 23.3. The molecular formula is C27H33N5O3. The number of pyridine rings is 1. The summed E-state index contributed by atoms with van der Waals surface area (Å²) in [5.41, 5.74) is 1.73. The number of fused-ring (bicyclic) bond motifs is 1. The molecule has 1 atom stereocenters. The zero-order valence-electron chi connectivity index (χ0n) is 20.4. The van der Waals surface area contributed by atoms with Gasteiger partial charge in [-0.1, -0.05) is 19.9 Å². The summed E-state index contributed by atoms with van der Waals surface area (Å²) in [4.78, 5) is 28.6.